The molecule has 3 heteroatoms. The van der Waals surface area contributed by atoms with Gasteiger partial charge in [0.2, 0.25) is 0 Å². The molecule has 2 aromatic carbocycles. The Balaban J connectivity index is 2.11. The average molecular weight is 347 g/mol. The van der Waals surface area contributed by atoms with E-state index in [4.69, 9.17) is 0 Å². The molecule has 2 nitrogen and oxygen atoms in total. The van der Waals surface area contributed by atoms with Gasteiger partial charge in [0, 0.05) is 40.7 Å². The highest BCUT2D eigenvalue weighted by Gasteiger charge is 2.29. The van der Waals surface area contributed by atoms with Gasteiger partial charge in [-0.05, 0) is 30.4 Å². The number of anilines is 1. The minimum atomic E-state index is 0.530. The number of hydrogen-bond donors (Lipinski definition) is 1. The molecule has 0 bridgehead atoms. The van der Waals surface area contributed by atoms with E-state index in [0.717, 1.165) is 13.1 Å². The van der Waals surface area contributed by atoms with E-state index < -0.39 is 0 Å². The summed E-state index contributed by atoms with van der Waals surface area (Å²) in [6.07, 6.45) is 0. The molecule has 1 heterocycles. The molecular formula is C18H23BrN2. The SMILES string of the molecule is CC1CN(c2ccc(Br)c3ccccc23)C(C(C)C)CN1. The first kappa shape index (κ1) is 14.9. The zero-order chi connectivity index (χ0) is 15.0. The number of rotatable bonds is 2. The summed E-state index contributed by atoms with van der Waals surface area (Å²) in [5, 5.41) is 6.26. The van der Waals surface area contributed by atoms with Crippen LogP contribution in [0.2, 0.25) is 0 Å². The number of benzene rings is 2. The van der Waals surface area contributed by atoms with Gasteiger partial charge in [-0.15, -0.1) is 0 Å². The Morgan fingerprint density at radius 3 is 2.57 bits per heavy atom. The van der Waals surface area contributed by atoms with Crippen molar-refractivity contribution in [3.63, 3.8) is 0 Å². The van der Waals surface area contributed by atoms with Gasteiger partial charge < -0.3 is 10.2 Å². The highest BCUT2D eigenvalue weighted by atomic mass is 79.9. The lowest BCUT2D eigenvalue weighted by Crippen LogP contribution is -2.57. The Hall–Kier alpha value is -1.06. The van der Waals surface area contributed by atoms with Crippen LogP contribution in [-0.4, -0.2) is 25.2 Å². The van der Waals surface area contributed by atoms with Gasteiger partial charge in [-0.2, -0.15) is 0 Å². The van der Waals surface area contributed by atoms with Crippen molar-refractivity contribution in [3.8, 4) is 0 Å². The van der Waals surface area contributed by atoms with Crippen molar-refractivity contribution in [1.29, 1.82) is 0 Å². The third-order valence-corrected chi connectivity index (χ3v) is 5.16. The second-order valence-corrected chi connectivity index (χ2v) is 7.24. The molecule has 0 aromatic heterocycles. The van der Waals surface area contributed by atoms with Crippen LogP contribution < -0.4 is 10.2 Å². The predicted molar refractivity (Wildman–Crippen MR) is 95.1 cm³/mol. The maximum absolute atomic E-state index is 3.68. The van der Waals surface area contributed by atoms with Crippen LogP contribution in [0, 0.1) is 5.92 Å². The molecule has 0 spiro atoms. The smallest absolute Gasteiger partial charge is 0.0450 e. The van der Waals surface area contributed by atoms with Crippen molar-refractivity contribution in [2.45, 2.75) is 32.9 Å². The summed E-state index contributed by atoms with van der Waals surface area (Å²) in [7, 11) is 0. The minimum absolute atomic E-state index is 0.530. The minimum Gasteiger partial charge on any atom is -0.365 e. The molecule has 1 aliphatic rings. The molecule has 21 heavy (non-hydrogen) atoms. The molecule has 1 saturated heterocycles. The van der Waals surface area contributed by atoms with Crippen molar-refractivity contribution in [3.05, 3.63) is 40.9 Å². The molecule has 1 fully saturated rings. The number of piperazine rings is 1. The van der Waals surface area contributed by atoms with Crippen molar-refractivity contribution in [2.24, 2.45) is 5.92 Å². The standard InChI is InChI=1S/C18H23BrN2/c1-12(2)18-10-20-13(3)11-21(18)17-9-8-16(19)14-6-4-5-7-15(14)17/h4-9,12-13,18,20H,10-11H2,1-3H3. The maximum atomic E-state index is 3.68. The maximum Gasteiger partial charge on any atom is 0.0450 e. The molecule has 0 saturated carbocycles. The molecule has 0 radical (unpaired) electrons. The fraction of sp³-hybridized carbons (Fsp3) is 0.444. The lowest BCUT2D eigenvalue weighted by molar-refractivity contribution is 0.350. The third-order valence-electron chi connectivity index (χ3n) is 4.47. The van der Waals surface area contributed by atoms with Crippen molar-refractivity contribution >= 4 is 32.4 Å². The number of fused-ring (bicyclic) bond motifs is 1. The molecule has 1 N–H and O–H groups in total. The quantitative estimate of drug-likeness (QED) is 0.865. The van der Waals surface area contributed by atoms with Gasteiger partial charge in [0.15, 0.2) is 0 Å². The van der Waals surface area contributed by atoms with Crippen LogP contribution in [0.15, 0.2) is 40.9 Å². The van der Waals surface area contributed by atoms with Gasteiger partial charge in [-0.25, -0.2) is 0 Å². The number of hydrogen-bond acceptors (Lipinski definition) is 2. The molecule has 0 amide bonds. The van der Waals surface area contributed by atoms with Gasteiger partial charge in [0.25, 0.3) is 0 Å². The van der Waals surface area contributed by atoms with E-state index in [1.807, 2.05) is 0 Å². The summed E-state index contributed by atoms with van der Waals surface area (Å²) in [6.45, 7) is 9.02. The van der Waals surface area contributed by atoms with Crippen LogP contribution in [-0.2, 0) is 0 Å². The van der Waals surface area contributed by atoms with Gasteiger partial charge >= 0.3 is 0 Å². The van der Waals surface area contributed by atoms with E-state index in [-0.39, 0.29) is 0 Å². The molecule has 2 aromatic rings. The first-order valence-corrected chi connectivity index (χ1v) is 8.54. The Morgan fingerprint density at radius 2 is 1.86 bits per heavy atom. The lowest BCUT2D eigenvalue weighted by atomic mass is 9.96. The van der Waals surface area contributed by atoms with Crippen LogP contribution in [0.1, 0.15) is 20.8 Å². The van der Waals surface area contributed by atoms with Gasteiger partial charge in [0.05, 0.1) is 0 Å². The van der Waals surface area contributed by atoms with Crippen molar-refractivity contribution in [1.82, 2.24) is 5.32 Å². The second kappa shape index (κ2) is 5.98. The third kappa shape index (κ3) is 2.82. The summed E-state index contributed by atoms with van der Waals surface area (Å²) in [5.74, 6) is 0.632. The van der Waals surface area contributed by atoms with Crippen molar-refractivity contribution < 1.29 is 0 Å². The topological polar surface area (TPSA) is 15.3 Å². The first-order chi connectivity index (χ1) is 10.1. The zero-order valence-electron chi connectivity index (χ0n) is 12.9. The molecular weight excluding hydrogens is 324 g/mol. The molecule has 0 aliphatic carbocycles. The van der Waals surface area contributed by atoms with Gasteiger partial charge in [-0.1, -0.05) is 54.0 Å². The second-order valence-electron chi connectivity index (χ2n) is 6.39. The summed E-state index contributed by atoms with van der Waals surface area (Å²) in [4.78, 5) is 2.60. The highest BCUT2D eigenvalue weighted by molar-refractivity contribution is 9.10. The predicted octanol–water partition coefficient (Wildman–Crippen LogP) is 4.43. The Kier molecular flexibility index (Phi) is 4.23. The van der Waals surface area contributed by atoms with Gasteiger partial charge in [-0.3, -0.25) is 0 Å². The average Bonchev–Trinajstić information content (AvgIpc) is 2.47. The Morgan fingerprint density at radius 1 is 1.14 bits per heavy atom. The molecule has 2 atom stereocenters. The summed E-state index contributed by atoms with van der Waals surface area (Å²) in [6, 6.07) is 14.2. The number of halogens is 1. The molecule has 112 valence electrons. The number of nitrogens with zero attached hydrogens (tertiary/aromatic N) is 1. The van der Waals surface area contributed by atoms with E-state index >= 15 is 0 Å². The molecule has 2 unspecified atom stereocenters. The van der Waals surface area contributed by atoms with E-state index in [1.165, 1.54) is 20.9 Å². The van der Waals surface area contributed by atoms with E-state index in [0.29, 0.717) is 18.0 Å². The summed E-state index contributed by atoms with van der Waals surface area (Å²) < 4.78 is 1.17. The first-order valence-electron chi connectivity index (χ1n) is 7.75. The van der Waals surface area contributed by atoms with Crippen LogP contribution in [0.5, 0.6) is 0 Å². The largest absolute Gasteiger partial charge is 0.365 e. The van der Waals surface area contributed by atoms with E-state index in [9.17, 15) is 0 Å². The molecule has 3 rings (SSSR count). The highest BCUT2D eigenvalue weighted by Crippen LogP contribution is 2.34. The van der Waals surface area contributed by atoms with Crippen LogP contribution >= 0.6 is 15.9 Å². The summed E-state index contributed by atoms with van der Waals surface area (Å²) >= 11 is 3.68. The summed E-state index contributed by atoms with van der Waals surface area (Å²) in [5.41, 5.74) is 1.36. The van der Waals surface area contributed by atoms with E-state index in [1.54, 1.807) is 0 Å². The fourth-order valence-electron chi connectivity index (χ4n) is 3.30. The van der Waals surface area contributed by atoms with E-state index in [2.05, 4.69) is 83.3 Å². The van der Waals surface area contributed by atoms with Crippen LogP contribution in [0.4, 0.5) is 5.69 Å². The lowest BCUT2D eigenvalue weighted by Gasteiger charge is -2.43. The molecule has 1 aliphatic heterocycles. The van der Waals surface area contributed by atoms with Crippen molar-refractivity contribution in [2.75, 3.05) is 18.0 Å². The zero-order valence-corrected chi connectivity index (χ0v) is 14.5. The monoisotopic (exact) mass is 346 g/mol. The number of nitrogens with one attached hydrogen (secondary N) is 1. The van der Waals surface area contributed by atoms with Gasteiger partial charge in [0.1, 0.15) is 0 Å². The Bertz CT molecular complexity index is 638. The fourth-order valence-corrected chi connectivity index (χ4v) is 3.77. The van der Waals surface area contributed by atoms with Crippen LogP contribution in [0.3, 0.4) is 0 Å². The normalized spacial score (nSPS) is 23.0. The Labute approximate surface area is 135 Å². The van der Waals surface area contributed by atoms with Crippen LogP contribution in [0.25, 0.3) is 10.8 Å².